The SMILES string of the molecule is CC(C)n1ncc(O)c1C1CCOCC1. The summed E-state index contributed by atoms with van der Waals surface area (Å²) in [5, 5.41) is 14.0. The number of hydrogen-bond acceptors (Lipinski definition) is 3. The zero-order valence-electron chi connectivity index (χ0n) is 9.31. The molecule has 1 aromatic heterocycles. The maximum absolute atomic E-state index is 9.81. The van der Waals surface area contributed by atoms with Crippen molar-refractivity contribution in [1.82, 2.24) is 9.78 Å². The third kappa shape index (κ3) is 2.00. The fraction of sp³-hybridized carbons (Fsp3) is 0.727. The highest BCUT2D eigenvalue weighted by Gasteiger charge is 2.24. The van der Waals surface area contributed by atoms with E-state index in [1.807, 2.05) is 4.68 Å². The van der Waals surface area contributed by atoms with Crippen molar-refractivity contribution in [2.45, 2.75) is 38.6 Å². The maximum atomic E-state index is 9.81. The molecule has 0 aromatic carbocycles. The van der Waals surface area contributed by atoms with Crippen molar-refractivity contribution in [3.63, 3.8) is 0 Å². The highest BCUT2D eigenvalue weighted by atomic mass is 16.5. The highest BCUT2D eigenvalue weighted by Crippen LogP contribution is 2.34. The Morgan fingerprint density at radius 1 is 1.47 bits per heavy atom. The van der Waals surface area contributed by atoms with Gasteiger partial charge in [0.15, 0.2) is 5.75 Å². The topological polar surface area (TPSA) is 47.3 Å². The summed E-state index contributed by atoms with van der Waals surface area (Å²) in [6.07, 6.45) is 3.50. The summed E-state index contributed by atoms with van der Waals surface area (Å²) in [7, 11) is 0. The number of aromatic hydroxyl groups is 1. The Hall–Kier alpha value is -1.03. The maximum Gasteiger partial charge on any atom is 0.157 e. The average molecular weight is 210 g/mol. The number of nitrogens with zero attached hydrogens (tertiary/aromatic N) is 2. The van der Waals surface area contributed by atoms with Gasteiger partial charge in [-0.1, -0.05) is 0 Å². The Morgan fingerprint density at radius 2 is 2.13 bits per heavy atom. The lowest BCUT2D eigenvalue weighted by molar-refractivity contribution is 0.0826. The number of hydrogen-bond donors (Lipinski definition) is 1. The van der Waals surface area contributed by atoms with Crippen LogP contribution in [0.4, 0.5) is 0 Å². The predicted molar refractivity (Wildman–Crippen MR) is 57.1 cm³/mol. The lowest BCUT2D eigenvalue weighted by Gasteiger charge is -2.24. The van der Waals surface area contributed by atoms with E-state index in [0.717, 1.165) is 31.7 Å². The van der Waals surface area contributed by atoms with E-state index in [1.54, 1.807) is 6.20 Å². The van der Waals surface area contributed by atoms with Gasteiger partial charge < -0.3 is 9.84 Å². The molecule has 4 heteroatoms. The van der Waals surface area contributed by atoms with Gasteiger partial charge in [0.25, 0.3) is 0 Å². The van der Waals surface area contributed by atoms with Gasteiger partial charge >= 0.3 is 0 Å². The van der Waals surface area contributed by atoms with E-state index in [9.17, 15) is 5.11 Å². The van der Waals surface area contributed by atoms with E-state index < -0.39 is 0 Å². The molecule has 1 N–H and O–H groups in total. The van der Waals surface area contributed by atoms with Crippen LogP contribution in [0.5, 0.6) is 5.75 Å². The fourth-order valence-electron chi connectivity index (χ4n) is 2.14. The van der Waals surface area contributed by atoms with Gasteiger partial charge in [-0.3, -0.25) is 4.68 Å². The zero-order chi connectivity index (χ0) is 10.8. The quantitative estimate of drug-likeness (QED) is 0.812. The van der Waals surface area contributed by atoms with Gasteiger partial charge in [0.05, 0.1) is 11.9 Å². The van der Waals surface area contributed by atoms with Gasteiger partial charge in [0.2, 0.25) is 0 Å². The van der Waals surface area contributed by atoms with Crippen molar-refractivity contribution in [3.05, 3.63) is 11.9 Å². The molecule has 0 spiro atoms. The van der Waals surface area contributed by atoms with Crippen LogP contribution in [0.2, 0.25) is 0 Å². The Labute approximate surface area is 89.9 Å². The number of ether oxygens (including phenoxy) is 1. The van der Waals surface area contributed by atoms with Crippen molar-refractivity contribution in [1.29, 1.82) is 0 Å². The minimum absolute atomic E-state index is 0.295. The summed E-state index contributed by atoms with van der Waals surface area (Å²) >= 11 is 0. The molecule has 2 rings (SSSR count). The van der Waals surface area contributed by atoms with Crippen LogP contribution in [0.25, 0.3) is 0 Å². The first-order valence-electron chi connectivity index (χ1n) is 5.54. The normalized spacial score (nSPS) is 18.6. The Bertz CT molecular complexity index is 327. The largest absolute Gasteiger partial charge is 0.504 e. The molecule has 0 saturated carbocycles. The van der Waals surface area contributed by atoms with Crippen molar-refractivity contribution in [3.8, 4) is 5.75 Å². The molecule has 1 saturated heterocycles. The third-order valence-corrected chi connectivity index (χ3v) is 2.91. The first kappa shape index (κ1) is 10.5. The van der Waals surface area contributed by atoms with E-state index in [1.165, 1.54) is 0 Å². The molecular formula is C11H18N2O2. The molecule has 0 atom stereocenters. The van der Waals surface area contributed by atoms with Crippen LogP contribution in [-0.4, -0.2) is 28.1 Å². The first-order valence-corrected chi connectivity index (χ1v) is 5.54. The van der Waals surface area contributed by atoms with E-state index in [4.69, 9.17) is 4.74 Å². The van der Waals surface area contributed by atoms with E-state index in [0.29, 0.717) is 17.7 Å². The summed E-state index contributed by atoms with van der Waals surface area (Å²) < 4.78 is 7.25. The predicted octanol–water partition coefficient (Wildman–Crippen LogP) is 2.06. The second-order valence-corrected chi connectivity index (χ2v) is 4.34. The minimum atomic E-state index is 0.295. The second-order valence-electron chi connectivity index (χ2n) is 4.34. The van der Waals surface area contributed by atoms with Crippen LogP contribution in [0.15, 0.2) is 6.20 Å². The van der Waals surface area contributed by atoms with Crippen molar-refractivity contribution < 1.29 is 9.84 Å². The highest BCUT2D eigenvalue weighted by molar-refractivity contribution is 5.27. The van der Waals surface area contributed by atoms with E-state index >= 15 is 0 Å². The smallest absolute Gasteiger partial charge is 0.157 e. The van der Waals surface area contributed by atoms with Gasteiger partial charge in [-0.25, -0.2) is 0 Å². The Morgan fingerprint density at radius 3 is 2.73 bits per heavy atom. The van der Waals surface area contributed by atoms with Gasteiger partial charge in [0.1, 0.15) is 0 Å². The zero-order valence-corrected chi connectivity index (χ0v) is 9.31. The third-order valence-electron chi connectivity index (χ3n) is 2.91. The van der Waals surface area contributed by atoms with Crippen LogP contribution < -0.4 is 0 Å². The first-order chi connectivity index (χ1) is 7.20. The molecule has 0 unspecified atom stereocenters. The van der Waals surface area contributed by atoms with Crippen LogP contribution >= 0.6 is 0 Å². The second kappa shape index (κ2) is 4.23. The molecule has 0 radical (unpaired) electrons. The van der Waals surface area contributed by atoms with E-state index in [2.05, 4.69) is 18.9 Å². The molecule has 2 heterocycles. The summed E-state index contributed by atoms with van der Waals surface area (Å²) in [5.41, 5.74) is 0.980. The van der Waals surface area contributed by atoms with Crippen LogP contribution in [0.1, 0.15) is 44.3 Å². The van der Waals surface area contributed by atoms with Crippen molar-refractivity contribution in [2.24, 2.45) is 0 Å². The van der Waals surface area contributed by atoms with Crippen LogP contribution in [0, 0.1) is 0 Å². The minimum Gasteiger partial charge on any atom is -0.504 e. The molecule has 1 fully saturated rings. The van der Waals surface area contributed by atoms with E-state index in [-0.39, 0.29) is 0 Å². The molecule has 4 nitrogen and oxygen atoms in total. The molecule has 0 aliphatic carbocycles. The molecule has 15 heavy (non-hydrogen) atoms. The lowest BCUT2D eigenvalue weighted by atomic mass is 9.95. The molecule has 1 aliphatic heterocycles. The summed E-state index contributed by atoms with van der Waals surface area (Å²) in [4.78, 5) is 0. The number of aromatic nitrogens is 2. The molecule has 1 aliphatic rings. The van der Waals surface area contributed by atoms with Gasteiger partial charge in [0, 0.05) is 25.2 Å². The van der Waals surface area contributed by atoms with Crippen molar-refractivity contribution >= 4 is 0 Å². The molecule has 1 aromatic rings. The lowest BCUT2D eigenvalue weighted by Crippen LogP contribution is -2.18. The summed E-state index contributed by atoms with van der Waals surface area (Å²) in [6, 6.07) is 0.295. The number of rotatable bonds is 2. The van der Waals surface area contributed by atoms with Crippen LogP contribution in [0.3, 0.4) is 0 Å². The summed E-state index contributed by atoms with van der Waals surface area (Å²) in [5.74, 6) is 0.722. The molecule has 0 bridgehead atoms. The molecular weight excluding hydrogens is 192 g/mol. The van der Waals surface area contributed by atoms with Crippen LogP contribution in [-0.2, 0) is 4.74 Å². The molecule has 84 valence electrons. The fourth-order valence-corrected chi connectivity index (χ4v) is 2.14. The van der Waals surface area contributed by atoms with Gasteiger partial charge in [-0.15, -0.1) is 0 Å². The molecule has 0 amide bonds. The Balaban J connectivity index is 2.28. The van der Waals surface area contributed by atoms with Crippen molar-refractivity contribution in [2.75, 3.05) is 13.2 Å². The average Bonchev–Trinajstić information content (AvgIpc) is 2.61. The van der Waals surface area contributed by atoms with Gasteiger partial charge in [-0.2, -0.15) is 5.10 Å². The summed E-state index contributed by atoms with van der Waals surface area (Å²) in [6.45, 7) is 5.73. The van der Waals surface area contributed by atoms with Gasteiger partial charge in [-0.05, 0) is 26.7 Å². The Kier molecular flexibility index (Phi) is 2.95. The monoisotopic (exact) mass is 210 g/mol. The standard InChI is InChI=1S/C11H18N2O2/c1-8(2)13-11(10(14)7-12-13)9-3-5-15-6-4-9/h7-9,14H,3-6H2,1-2H3.